The molecule has 1 saturated heterocycles. The topological polar surface area (TPSA) is 72.9 Å². The summed E-state index contributed by atoms with van der Waals surface area (Å²) < 4.78 is 10.5. The average molecular weight is 367 g/mol. The van der Waals surface area contributed by atoms with Crippen LogP contribution in [0.15, 0.2) is 54.6 Å². The van der Waals surface area contributed by atoms with Gasteiger partial charge in [-0.3, -0.25) is 14.4 Å². The second-order valence-corrected chi connectivity index (χ2v) is 6.42. The largest absolute Gasteiger partial charge is 0.497 e. The number of nitrogens with zero attached hydrogens (tertiary/aromatic N) is 1. The number of hydrogen-bond donors (Lipinski definition) is 0. The molecule has 2 aromatic carbocycles. The number of ketones is 1. The van der Waals surface area contributed by atoms with Crippen molar-refractivity contribution < 1.29 is 23.9 Å². The second-order valence-electron chi connectivity index (χ2n) is 6.42. The van der Waals surface area contributed by atoms with Crippen LogP contribution in [-0.4, -0.2) is 37.4 Å². The van der Waals surface area contributed by atoms with Gasteiger partial charge in [0.2, 0.25) is 11.7 Å². The molecular formula is C21H21NO5. The predicted molar refractivity (Wildman–Crippen MR) is 99.8 cm³/mol. The highest BCUT2D eigenvalue weighted by molar-refractivity contribution is 6.02. The number of methoxy groups -OCH3 is 1. The predicted octanol–water partition coefficient (Wildman–Crippen LogP) is 2.86. The normalized spacial score (nSPS) is 17.5. The van der Waals surface area contributed by atoms with Crippen LogP contribution in [0.1, 0.15) is 23.7 Å². The number of carbonyl (C=O) groups is 3. The Morgan fingerprint density at radius 3 is 2.56 bits per heavy atom. The Morgan fingerprint density at radius 2 is 1.85 bits per heavy atom. The summed E-state index contributed by atoms with van der Waals surface area (Å²) in [6.07, 6.45) is -0.844. The fourth-order valence-corrected chi connectivity index (χ4v) is 3.05. The van der Waals surface area contributed by atoms with E-state index in [4.69, 9.17) is 9.47 Å². The van der Waals surface area contributed by atoms with Crippen LogP contribution in [0, 0.1) is 5.92 Å². The number of Topliss-reactive ketones (excluding diaryl/α,β-unsaturated/α-hetero) is 1. The number of carbonyl (C=O) groups excluding carboxylic acids is 3. The summed E-state index contributed by atoms with van der Waals surface area (Å²) in [5.41, 5.74) is 1.15. The van der Waals surface area contributed by atoms with Crippen LogP contribution < -0.4 is 9.64 Å². The third-order valence-electron chi connectivity index (χ3n) is 4.54. The number of anilines is 1. The van der Waals surface area contributed by atoms with Crippen LogP contribution in [0.5, 0.6) is 5.75 Å². The van der Waals surface area contributed by atoms with Gasteiger partial charge in [-0.05, 0) is 19.1 Å². The molecule has 1 fully saturated rings. The van der Waals surface area contributed by atoms with Crippen molar-refractivity contribution in [2.45, 2.75) is 19.4 Å². The molecule has 0 aliphatic carbocycles. The SMILES string of the molecule is COc1cccc(N2C[C@H](C(=O)O[C@@H](C)C(=O)c3ccccc3)CC2=O)c1. The summed E-state index contributed by atoms with van der Waals surface area (Å²) >= 11 is 0. The smallest absolute Gasteiger partial charge is 0.312 e. The Balaban J connectivity index is 1.64. The molecule has 1 amide bonds. The number of esters is 1. The van der Waals surface area contributed by atoms with Crippen LogP contribution in [-0.2, 0) is 14.3 Å². The first-order chi connectivity index (χ1) is 13.0. The molecule has 0 radical (unpaired) electrons. The van der Waals surface area contributed by atoms with Crippen molar-refractivity contribution in [1.82, 2.24) is 0 Å². The van der Waals surface area contributed by atoms with E-state index in [1.807, 2.05) is 6.07 Å². The maximum atomic E-state index is 12.5. The van der Waals surface area contributed by atoms with E-state index in [0.717, 1.165) is 0 Å². The number of rotatable bonds is 6. The van der Waals surface area contributed by atoms with Gasteiger partial charge in [0, 0.05) is 30.3 Å². The summed E-state index contributed by atoms with van der Waals surface area (Å²) in [6, 6.07) is 15.8. The fourth-order valence-electron chi connectivity index (χ4n) is 3.05. The standard InChI is InChI=1S/C21H21NO5/c1-14(20(24)15-7-4-3-5-8-15)27-21(25)16-11-19(23)22(13-16)17-9-6-10-18(12-17)26-2/h3-10,12,14,16H,11,13H2,1-2H3/t14-,16+/m0/s1. The minimum absolute atomic E-state index is 0.0578. The summed E-state index contributed by atoms with van der Waals surface area (Å²) in [5, 5.41) is 0. The maximum Gasteiger partial charge on any atom is 0.312 e. The van der Waals surface area contributed by atoms with E-state index in [1.54, 1.807) is 62.6 Å². The zero-order valence-electron chi connectivity index (χ0n) is 15.3. The highest BCUT2D eigenvalue weighted by Gasteiger charge is 2.37. The molecular weight excluding hydrogens is 346 g/mol. The number of amides is 1. The number of ether oxygens (including phenoxy) is 2. The molecule has 0 spiro atoms. The minimum Gasteiger partial charge on any atom is -0.497 e. The van der Waals surface area contributed by atoms with Gasteiger partial charge in [-0.15, -0.1) is 0 Å². The van der Waals surface area contributed by atoms with Gasteiger partial charge in [-0.25, -0.2) is 0 Å². The molecule has 27 heavy (non-hydrogen) atoms. The van der Waals surface area contributed by atoms with E-state index in [9.17, 15) is 14.4 Å². The molecule has 1 aliphatic rings. The lowest BCUT2D eigenvalue weighted by Gasteiger charge is -2.18. The molecule has 140 valence electrons. The fraction of sp³-hybridized carbons (Fsp3) is 0.286. The van der Waals surface area contributed by atoms with Crippen molar-refractivity contribution in [3.8, 4) is 5.75 Å². The van der Waals surface area contributed by atoms with Crippen molar-refractivity contribution >= 4 is 23.3 Å². The van der Waals surface area contributed by atoms with E-state index in [2.05, 4.69) is 0 Å². The van der Waals surface area contributed by atoms with Crippen molar-refractivity contribution in [1.29, 1.82) is 0 Å². The molecule has 6 nitrogen and oxygen atoms in total. The molecule has 6 heteroatoms. The highest BCUT2D eigenvalue weighted by Crippen LogP contribution is 2.28. The molecule has 3 rings (SSSR count). The van der Waals surface area contributed by atoms with Gasteiger partial charge < -0.3 is 14.4 Å². The van der Waals surface area contributed by atoms with Gasteiger partial charge in [0.25, 0.3) is 0 Å². The van der Waals surface area contributed by atoms with E-state index in [-0.39, 0.29) is 24.7 Å². The lowest BCUT2D eigenvalue weighted by Crippen LogP contribution is -2.30. The average Bonchev–Trinajstić information content (AvgIpc) is 3.10. The van der Waals surface area contributed by atoms with Gasteiger partial charge in [-0.2, -0.15) is 0 Å². The zero-order valence-corrected chi connectivity index (χ0v) is 15.3. The van der Waals surface area contributed by atoms with E-state index < -0.39 is 18.0 Å². The van der Waals surface area contributed by atoms with Crippen molar-refractivity contribution in [2.75, 3.05) is 18.6 Å². The lowest BCUT2D eigenvalue weighted by molar-refractivity contribution is -0.151. The Morgan fingerprint density at radius 1 is 1.11 bits per heavy atom. The lowest BCUT2D eigenvalue weighted by atomic mass is 10.1. The Bertz CT molecular complexity index is 849. The first kappa shape index (κ1) is 18.6. The first-order valence-electron chi connectivity index (χ1n) is 8.73. The molecule has 2 atom stereocenters. The van der Waals surface area contributed by atoms with E-state index in [1.165, 1.54) is 4.90 Å². The van der Waals surface area contributed by atoms with Gasteiger partial charge in [0.05, 0.1) is 13.0 Å². The molecule has 0 saturated carbocycles. The van der Waals surface area contributed by atoms with Gasteiger partial charge >= 0.3 is 5.97 Å². The summed E-state index contributed by atoms with van der Waals surface area (Å²) in [7, 11) is 1.55. The van der Waals surface area contributed by atoms with Crippen LogP contribution in [0.4, 0.5) is 5.69 Å². The van der Waals surface area contributed by atoms with Gasteiger partial charge in [-0.1, -0.05) is 36.4 Å². The quantitative estimate of drug-likeness (QED) is 0.580. The zero-order chi connectivity index (χ0) is 19.4. The van der Waals surface area contributed by atoms with Crippen LogP contribution in [0.2, 0.25) is 0 Å². The van der Waals surface area contributed by atoms with Crippen molar-refractivity contribution in [3.63, 3.8) is 0 Å². The third-order valence-corrected chi connectivity index (χ3v) is 4.54. The molecule has 1 aliphatic heterocycles. The number of benzene rings is 2. The second kappa shape index (κ2) is 8.03. The van der Waals surface area contributed by atoms with Gasteiger partial charge in [0.1, 0.15) is 5.75 Å². The minimum atomic E-state index is -0.902. The van der Waals surface area contributed by atoms with Crippen LogP contribution in [0.3, 0.4) is 0 Å². The van der Waals surface area contributed by atoms with E-state index in [0.29, 0.717) is 17.0 Å². The maximum absolute atomic E-state index is 12.5. The van der Waals surface area contributed by atoms with Crippen molar-refractivity contribution in [2.24, 2.45) is 5.92 Å². The molecule has 2 aromatic rings. The monoisotopic (exact) mass is 367 g/mol. The molecule has 0 bridgehead atoms. The Kier molecular flexibility index (Phi) is 5.54. The molecule has 0 unspecified atom stereocenters. The van der Waals surface area contributed by atoms with Gasteiger partial charge in [0.15, 0.2) is 6.10 Å². The third kappa shape index (κ3) is 4.16. The number of hydrogen-bond acceptors (Lipinski definition) is 5. The molecule has 0 N–H and O–H groups in total. The Hall–Kier alpha value is -3.15. The Labute approximate surface area is 157 Å². The highest BCUT2D eigenvalue weighted by atomic mass is 16.5. The van der Waals surface area contributed by atoms with Crippen molar-refractivity contribution in [3.05, 3.63) is 60.2 Å². The molecule has 0 aromatic heterocycles. The van der Waals surface area contributed by atoms with E-state index >= 15 is 0 Å². The first-order valence-corrected chi connectivity index (χ1v) is 8.73. The summed E-state index contributed by atoms with van der Waals surface area (Å²) in [6.45, 7) is 1.76. The summed E-state index contributed by atoms with van der Waals surface area (Å²) in [4.78, 5) is 38.7. The van der Waals surface area contributed by atoms with Crippen LogP contribution >= 0.6 is 0 Å². The summed E-state index contributed by atoms with van der Waals surface area (Å²) in [5.74, 6) is -0.932. The molecule has 1 heterocycles. The van der Waals surface area contributed by atoms with Crippen LogP contribution in [0.25, 0.3) is 0 Å².